The van der Waals surface area contributed by atoms with Gasteiger partial charge in [-0.25, -0.2) is 4.98 Å². The van der Waals surface area contributed by atoms with Gasteiger partial charge in [-0.3, -0.25) is 9.69 Å². The molecule has 5 heteroatoms. The molecule has 1 aromatic carbocycles. The molecule has 1 saturated heterocycles. The molecule has 138 valence electrons. The molecule has 1 unspecified atom stereocenters. The number of nitrogens with zero attached hydrogens (tertiary/aromatic N) is 3. The molecule has 2 heterocycles. The number of H-pyrrole nitrogens is 1. The fraction of sp³-hybridized carbons (Fsp3) is 0.524. The van der Waals surface area contributed by atoms with Gasteiger partial charge < -0.3 is 9.88 Å². The van der Waals surface area contributed by atoms with Crippen LogP contribution in [0.25, 0.3) is 0 Å². The number of aryl methyl sites for hydroxylation is 2. The Morgan fingerprint density at radius 2 is 2.12 bits per heavy atom. The highest BCUT2D eigenvalue weighted by Gasteiger charge is 2.29. The Labute approximate surface area is 155 Å². The highest BCUT2D eigenvalue weighted by molar-refractivity contribution is 5.94. The molecule has 0 bridgehead atoms. The number of aromatic amines is 1. The Kier molecular flexibility index (Phi) is 4.81. The molecule has 1 N–H and O–H groups in total. The third kappa shape index (κ3) is 3.40. The lowest BCUT2D eigenvalue weighted by atomic mass is 10.0. The van der Waals surface area contributed by atoms with E-state index in [-0.39, 0.29) is 5.91 Å². The third-order valence-electron chi connectivity index (χ3n) is 5.62. The summed E-state index contributed by atoms with van der Waals surface area (Å²) in [6.45, 7) is 1.95. The number of hydrogen-bond acceptors (Lipinski definition) is 3. The first-order valence-electron chi connectivity index (χ1n) is 9.74. The van der Waals surface area contributed by atoms with Crippen LogP contribution in [-0.2, 0) is 19.4 Å². The van der Waals surface area contributed by atoms with Gasteiger partial charge in [0.1, 0.15) is 5.82 Å². The molecule has 1 aromatic heterocycles. The molecular weight excluding hydrogens is 324 g/mol. The van der Waals surface area contributed by atoms with Gasteiger partial charge in [0.05, 0.1) is 11.7 Å². The zero-order valence-corrected chi connectivity index (χ0v) is 15.8. The summed E-state index contributed by atoms with van der Waals surface area (Å²) in [7, 11) is 3.59. The zero-order valence-electron chi connectivity index (χ0n) is 15.8. The van der Waals surface area contributed by atoms with E-state index in [1.165, 1.54) is 36.2 Å². The minimum absolute atomic E-state index is 0.0588. The van der Waals surface area contributed by atoms with Crippen LogP contribution in [0.15, 0.2) is 24.3 Å². The topological polar surface area (TPSA) is 52.2 Å². The number of benzene rings is 1. The molecule has 4 rings (SSSR count). The van der Waals surface area contributed by atoms with Crippen molar-refractivity contribution >= 4 is 5.91 Å². The van der Waals surface area contributed by atoms with Crippen molar-refractivity contribution in [3.63, 3.8) is 0 Å². The standard InChI is InChI=1S/C21H28N4O/c1-24(2)21(26)16-8-5-7-15(13-16)14-25-12-6-11-19(25)20-22-17-9-3-4-10-18(17)23-20/h5,7-8,13,19H,3-4,6,9-12,14H2,1-2H3,(H,22,23). The van der Waals surface area contributed by atoms with Crippen LogP contribution in [0.3, 0.4) is 0 Å². The SMILES string of the molecule is CN(C)C(=O)c1cccc(CN2CCCC2c2nc3c([nH]2)CCCC3)c1. The zero-order chi connectivity index (χ0) is 18.1. The molecular formula is C21H28N4O. The van der Waals surface area contributed by atoms with Crippen molar-refractivity contribution in [1.29, 1.82) is 0 Å². The molecule has 0 radical (unpaired) electrons. The minimum atomic E-state index is 0.0588. The van der Waals surface area contributed by atoms with Crippen molar-refractivity contribution in [3.8, 4) is 0 Å². The number of aromatic nitrogens is 2. The van der Waals surface area contributed by atoms with Gasteiger partial charge >= 0.3 is 0 Å². The van der Waals surface area contributed by atoms with Crippen LogP contribution in [0.1, 0.15) is 64.9 Å². The highest BCUT2D eigenvalue weighted by atomic mass is 16.2. The summed E-state index contributed by atoms with van der Waals surface area (Å²) in [5, 5.41) is 0. The van der Waals surface area contributed by atoms with Gasteiger partial charge in [0.15, 0.2) is 0 Å². The van der Waals surface area contributed by atoms with Gasteiger partial charge in [-0.05, 0) is 62.8 Å². The number of rotatable bonds is 4. The Morgan fingerprint density at radius 3 is 2.92 bits per heavy atom. The molecule has 26 heavy (non-hydrogen) atoms. The van der Waals surface area contributed by atoms with Crippen LogP contribution in [0.4, 0.5) is 0 Å². The smallest absolute Gasteiger partial charge is 0.253 e. The van der Waals surface area contributed by atoms with Crippen LogP contribution >= 0.6 is 0 Å². The number of carbonyl (C=O) groups excluding carboxylic acids is 1. The van der Waals surface area contributed by atoms with E-state index in [4.69, 9.17) is 4.98 Å². The Balaban J connectivity index is 1.51. The fourth-order valence-corrected chi connectivity index (χ4v) is 4.25. The lowest BCUT2D eigenvalue weighted by Crippen LogP contribution is -2.24. The number of likely N-dealkylation sites (tertiary alicyclic amines) is 1. The van der Waals surface area contributed by atoms with E-state index >= 15 is 0 Å². The van der Waals surface area contributed by atoms with Gasteiger partial charge in [-0.15, -0.1) is 0 Å². The first-order chi connectivity index (χ1) is 12.6. The Hall–Kier alpha value is -2.14. The van der Waals surface area contributed by atoms with Crippen LogP contribution in [0, 0.1) is 0 Å². The van der Waals surface area contributed by atoms with Crippen LogP contribution in [0.5, 0.6) is 0 Å². The number of hydrogen-bond donors (Lipinski definition) is 1. The third-order valence-corrected chi connectivity index (χ3v) is 5.62. The maximum Gasteiger partial charge on any atom is 0.253 e. The molecule has 1 fully saturated rings. The molecule has 2 aliphatic rings. The van der Waals surface area contributed by atoms with E-state index in [1.807, 2.05) is 18.2 Å². The van der Waals surface area contributed by atoms with Crippen LogP contribution < -0.4 is 0 Å². The van der Waals surface area contributed by atoms with Gasteiger partial charge in [-0.1, -0.05) is 12.1 Å². The lowest BCUT2D eigenvalue weighted by Gasteiger charge is -2.23. The largest absolute Gasteiger partial charge is 0.345 e. The van der Waals surface area contributed by atoms with Crippen molar-refractivity contribution in [3.05, 3.63) is 52.6 Å². The molecule has 5 nitrogen and oxygen atoms in total. The fourth-order valence-electron chi connectivity index (χ4n) is 4.25. The number of fused-ring (bicyclic) bond motifs is 1. The number of imidazole rings is 1. The highest BCUT2D eigenvalue weighted by Crippen LogP contribution is 2.33. The average Bonchev–Trinajstić information content (AvgIpc) is 3.27. The summed E-state index contributed by atoms with van der Waals surface area (Å²) in [6, 6.07) is 8.41. The van der Waals surface area contributed by atoms with E-state index in [0.29, 0.717) is 6.04 Å². The second-order valence-electron chi connectivity index (χ2n) is 7.78. The van der Waals surface area contributed by atoms with E-state index in [1.54, 1.807) is 19.0 Å². The summed E-state index contributed by atoms with van der Waals surface area (Å²) in [4.78, 5) is 24.9. The molecule has 0 spiro atoms. The van der Waals surface area contributed by atoms with E-state index in [9.17, 15) is 4.79 Å². The average molecular weight is 352 g/mol. The molecule has 0 saturated carbocycles. The second kappa shape index (κ2) is 7.23. The van der Waals surface area contributed by atoms with Crippen LogP contribution in [-0.4, -0.2) is 46.3 Å². The number of carbonyl (C=O) groups is 1. The van der Waals surface area contributed by atoms with Gasteiger partial charge in [0.25, 0.3) is 5.91 Å². The summed E-state index contributed by atoms with van der Waals surface area (Å²) in [6.07, 6.45) is 7.15. The second-order valence-corrected chi connectivity index (χ2v) is 7.78. The maximum absolute atomic E-state index is 12.2. The van der Waals surface area contributed by atoms with Crippen molar-refractivity contribution in [2.24, 2.45) is 0 Å². The summed E-state index contributed by atoms with van der Waals surface area (Å²) in [5.74, 6) is 1.21. The molecule has 1 aliphatic heterocycles. The van der Waals surface area contributed by atoms with Gasteiger partial charge in [0, 0.05) is 31.9 Å². The molecule has 1 amide bonds. The summed E-state index contributed by atoms with van der Waals surface area (Å²) in [5.41, 5.74) is 4.60. The molecule has 1 atom stereocenters. The van der Waals surface area contributed by atoms with E-state index in [2.05, 4.69) is 16.0 Å². The van der Waals surface area contributed by atoms with Crippen molar-refractivity contribution in [2.75, 3.05) is 20.6 Å². The maximum atomic E-state index is 12.2. The molecule has 1 aliphatic carbocycles. The first-order valence-corrected chi connectivity index (χ1v) is 9.74. The Morgan fingerprint density at radius 1 is 1.27 bits per heavy atom. The minimum Gasteiger partial charge on any atom is -0.345 e. The Bertz CT molecular complexity index is 772. The van der Waals surface area contributed by atoms with E-state index < -0.39 is 0 Å². The quantitative estimate of drug-likeness (QED) is 0.918. The van der Waals surface area contributed by atoms with Crippen molar-refractivity contribution < 1.29 is 4.79 Å². The van der Waals surface area contributed by atoms with Crippen molar-refractivity contribution in [2.45, 2.75) is 51.1 Å². The normalized spacial score (nSPS) is 20.2. The van der Waals surface area contributed by atoms with Crippen molar-refractivity contribution in [1.82, 2.24) is 19.8 Å². The number of nitrogens with one attached hydrogen (secondary N) is 1. The van der Waals surface area contributed by atoms with Crippen LogP contribution in [0.2, 0.25) is 0 Å². The number of amides is 1. The van der Waals surface area contributed by atoms with Gasteiger partial charge in [-0.2, -0.15) is 0 Å². The predicted molar refractivity (Wildman–Crippen MR) is 102 cm³/mol. The first kappa shape index (κ1) is 17.3. The van der Waals surface area contributed by atoms with Gasteiger partial charge in [0.2, 0.25) is 0 Å². The lowest BCUT2D eigenvalue weighted by molar-refractivity contribution is 0.0827. The molecule has 2 aromatic rings. The summed E-state index contributed by atoms with van der Waals surface area (Å²) >= 11 is 0. The predicted octanol–water partition coefficient (Wildman–Crippen LogP) is 3.33. The summed E-state index contributed by atoms with van der Waals surface area (Å²) < 4.78 is 0. The van der Waals surface area contributed by atoms with E-state index in [0.717, 1.165) is 43.7 Å². The monoisotopic (exact) mass is 352 g/mol.